The Hall–Kier alpha value is -1.04. The molecule has 21 heavy (non-hydrogen) atoms. The maximum absolute atomic E-state index is 12.6. The number of hydrogen-bond acceptors (Lipinski definition) is 3. The molecule has 2 atom stereocenters. The number of rotatable bonds is 6. The van der Waals surface area contributed by atoms with Gasteiger partial charge in [0.25, 0.3) is 6.43 Å². The molecule has 1 saturated heterocycles. The Morgan fingerprint density at radius 1 is 1.29 bits per heavy atom. The zero-order chi connectivity index (χ0) is 15.4. The molecule has 1 fully saturated rings. The van der Waals surface area contributed by atoms with Crippen LogP contribution in [0.1, 0.15) is 36.4 Å². The van der Waals surface area contributed by atoms with Crippen molar-refractivity contribution >= 4 is 0 Å². The maximum Gasteiger partial charge on any atom is 0.263 e. The lowest BCUT2D eigenvalue weighted by molar-refractivity contribution is 0.151. The normalized spacial score (nSPS) is 21.4. The van der Waals surface area contributed by atoms with Crippen molar-refractivity contribution in [3.05, 3.63) is 35.4 Å². The number of alkyl halides is 2. The van der Waals surface area contributed by atoms with Crippen molar-refractivity contribution in [2.45, 2.75) is 31.4 Å². The Balaban J connectivity index is 2.03. The zero-order valence-corrected chi connectivity index (χ0v) is 12.8. The van der Waals surface area contributed by atoms with E-state index in [4.69, 9.17) is 5.73 Å². The van der Waals surface area contributed by atoms with Crippen LogP contribution in [-0.2, 0) is 0 Å². The van der Waals surface area contributed by atoms with Gasteiger partial charge >= 0.3 is 0 Å². The van der Waals surface area contributed by atoms with Crippen LogP contribution in [0.25, 0.3) is 0 Å². The third-order valence-electron chi connectivity index (χ3n) is 4.50. The van der Waals surface area contributed by atoms with E-state index < -0.39 is 6.43 Å². The van der Waals surface area contributed by atoms with E-state index in [1.54, 1.807) is 12.1 Å². The lowest BCUT2D eigenvalue weighted by Gasteiger charge is -2.32. The SMILES string of the molecule is CN1CCCC1CN(C)C(CN)c1ccc(C(F)F)cc1. The van der Waals surface area contributed by atoms with Crippen molar-refractivity contribution < 1.29 is 8.78 Å². The second-order valence-electron chi connectivity index (χ2n) is 5.94. The highest BCUT2D eigenvalue weighted by molar-refractivity contribution is 5.26. The standard InChI is InChI=1S/C16H25F2N3/c1-20-9-3-4-14(20)11-21(2)15(10-19)12-5-7-13(8-6-12)16(17)18/h5-8,14-16H,3-4,9-11,19H2,1-2H3. The minimum absolute atomic E-state index is 0.0627. The van der Waals surface area contributed by atoms with Crippen molar-refractivity contribution in [3.8, 4) is 0 Å². The average molecular weight is 297 g/mol. The van der Waals surface area contributed by atoms with Crippen LogP contribution < -0.4 is 5.73 Å². The highest BCUT2D eigenvalue weighted by Gasteiger charge is 2.25. The number of nitrogens with two attached hydrogens (primary N) is 1. The lowest BCUT2D eigenvalue weighted by atomic mass is 10.0. The van der Waals surface area contributed by atoms with Crippen LogP contribution in [-0.4, -0.2) is 49.6 Å². The third-order valence-corrected chi connectivity index (χ3v) is 4.50. The molecule has 0 aromatic heterocycles. The topological polar surface area (TPSA) is 32.5 Å². The number of hydrogen-bond donors (Lipinski definition) is 1. The molecule has 5 heteroatoms. The Bertz CT molecular complexity index is 436. The minimum atomic E-state index is -2.42. The quantitative estimate of drug-likeness (QED) is 0.876. The summed E-state index contributed by atoms with van der Waals surface area (Å²) in [6.07, 6.45) is 0.0358. The van der Waals surface area contributed by atoms with Crippen molar-refractivity contribution in [2.24, 2.45) is 5.73 Å². The van der Waals surface area contributed by atoms with Gasteiger partial charge in [0.15, 0.2) is 0 Å². The molecule has 118 valence electrons. The van der Waals surface area contributed by atoms with E-state index in [-0.39, 0.29) is 11.6 Å². The monoisotopic (exact) mass is 297 g/mol. The van der Waals surface area contributed by atoms with Gasteiger partial charge in [-0.25, -0.2) is 8.78 Å². The van der Waals surface area contributed by atoms with E-state index in [9.17, 15) is 8.78 Å². The van der Waals surface area contributed by atoms with Crippen molar-refractivity contribution in [3.63, 3.8) is 0 Å². The summed E-state index contributed by atoms with van der Waals surface area (Å²) in [6, 6.07) is 7.17. The van der Waals surface area contributed by atoms with E-state index in [0.29, 0.717) is 12.6 Å². The number of benzene rings is 1. The van der Waals surface area contributed by atoms with Gasteiger partial charge in [0, 0.05) is 30.7 Å². The van der Waals surface area contributed by atoms with E-state index >= 15 is 0 Å². The highest BCUT2D eigenvalue weighted by Crippen LogP contribution is 2.25. The van der Waals surface area contributed by atoms with E-state index in [0.717, 1.165) is 18.7 Å². The van der Waals surface area contributed by atoms with Crippen LogP contribution in [0, 0.1) is 0 Å². The summed E-state index contributed by atoms with van der Waals surface area (Å²) in [5, 5.41) is 0. The molecular formula is C16H25F2N3. The smallest absolute Gasteiger partial charge is 0.263 e. The summed E-state index contributed by atoms with van der Waals surface area (Å²) in [7, 11) is 4.21. The van der Waals surface area contributed by atoms with E-state index in [1.165, 1.54) is 25.0 Å². The highest BCUT2D eigenvalue weighted by atomic mass is 19.3. The summed E-state index contributed by atoms with van der Waals surface area (Å²) >= 11 is 0. The lowest BCUT2D eigenvalue weighted by Crippen LogP contribution is -2.40. The fourth-order valence-electron chi connectivity index (χ4n) is 3.10. The second kappa shape index (κ2) is 7.29. The maximum atomic E-state index is 12.6. The van der Waals surface area contributed by atoms with Crippen LogP contribution in [0.15, 0.2) is 24.3 Å². The van der Waals surface area contributed by atoms with Crippen molar-refractivity contribution in [1.82, 2.24) is 9.80 Å². The Morgan fingerprint density at radius 2 is 1.90 bits per heavy atom. The molecule has 1 aliphatic heterocycles. The number of halogens is 2. The van der Waals surface area contributed by atoms with Gasteiger partial charge in [0.05, 0.1) is 0 Å². The molecule has 0 bridgehead atoms. The fourth-order valence-corrected chi connectivity index (χ4v) is 3.10. The van der Waals surface area contributed by atoms with Crippen LogP contribution in [0.2, 0.25) is 0 Å². The first-order valence-corrected chi connectivity index (χ1v) is 7.51. The molecule has 0 saturated carbocycles. The minimum Gasteiger partial charge on any atom is -0.329 e. The van der Waals surface area contributed by atoms with Crippen molar-refractivity contribution in [1.29, 1.82) is 0 Å². The zero-order valence-electron chi connectivity index (χ0n) is 12.8. The fraction of sp³-hybridized carbons (Fsp3) is 0.625. The predicted molar refractivity (Wildman–Crippen MR) is 81.5 cm³/mol. The van der Waals surface area contributed by atoms with Gasteiger partial charge < -0.3 is 10.6 Å². The molecule has 0 spiro atoms. The summed E-state index contributed by atoms with van der Waals surface area (Å²) < 4.78 is 25.2. The number of likely N-dealkylation sites (N-methyl/N-ethyl adjacent to an activating group) is 2. The first-order chi connectivity index (χ1) is 10.0. The molecule has 2 N–H and O–H groups in total. The van der Waals surface area contributed by atoms with Gasteiger partial charge in [-0.3, -0.25) is 4.90 Å². The molecule has 1 aromatic carbocycles. The molecule has 0 radical (unpaired) electrons. The summed E-state index contributed by atoms with van der Waals surface area (Å²) in [4.78, 5) is 4.62. The van der Waals surface area contributed by atoms with E-state index in [1.807, 2.05) is 0 Å². The van der Waals surface area contributed by atoms with Gasteiger partial charge in [0.2, 0.25) is 0 Å². The molecule has 1 aromatic rings. The average Bonchev–Trinajstić information content (AvgIpc) is 2.85. The van der Waals surface area contributed by atoms with Crippen LogP contribution in [0.5, 0.6) is 0 Å². The third kappa shape index (κ3) is 3.99. The molecule has 3 nitrogen and oxygen atoms in total. The first-order valence-electron chi connectivity index (χ1n) is 7.51. The Kier molecular flexibility index (Phi) is 5.67. The largest absolute Gasteiger partial charge is 0.329 e. The molecule has 0 amide bonds. The summed E-state index contributed by atoms with van der Waals surface area (Å²) in [5.74, 6) is 0. The van der Waals surface area contributed by atoms with Gasteiger partial charge in [-0.15, -0.1) is 0 Å². The van der Waals surface area contributed by atoms with Gasteiger partial charge in [-0.1, -0.05) is 24.3 Å². The Morgan fingerprint density at radius 3 is 2.38 bits per heavy atom. The second-order valence-corrected chi connectivity index (χ2v) is 5.94. The number of nitrogens with zero attached hydrogens (tertiary/aromatic N) is 2. The van der Waals surface area contributed by atoms with Crippen molar-refractivity contribution in [2.75, 3.05) is 33.7 Å². The molecule has 0 aliphatic carbocycles. The Labute approximate surface area is 125 Å². The van der Waals surface area contributed by atoms with Crippen LogP contribution in [0.3, 0.4) is 0 Å². The summed E-state index contributed by atoms with van der Waals surface area (Å²) in [6.45, 7) is 2.59. The molecule has 2 unspecified atom stereocenters. The van der Waals surface area contributed by atoms with Crippen LogP contribution >= 0.6 is 0 Å². The first kappa shape index (κ1) is 16.3. The molecular weight excluding hydrogens is 272 g/mol. The van der Waals surface area contributed by atoms with Gasteiger partial charge in [-0.2, -0.15) is 0 Å². The molecule has 1 aliphatic rings. The van der Waals surface area contributed by atoms with Gasteiger partial charge in [0.1, 0.15) is 0 Å². The molecule has 1 heterocycles. The molecule has 2 rings (SSSR count). The summed E-state index contributed by atoms with van der Waals surface area (Å²) in [5.41, 5.74) is 6.98. The number of likely N-dealkylation sites (tertiary alicyclic amines) is 1. The predicted octanol–water partition coefficient (Wildman–Crippen LogP) is 2.65. The van der Waals surface area contributed by atoms with E-state index in [2.05, 4.69) is 23.9 Å². The van der Waals surface area contributed by atoms with Crippen LogP contribution in [0.4, 0.5) is 8.78 Å². The van der Waals surface area contributed by atoms with Gasteiger partial charge in [-0.05, 0) is 39.0 Å².